The van der Waals surface area contributed by atoms with Gasteiger partial charge in [0.1, 0.15) is 5.75 Å². The minimum Gasteiger partial charge on any atom is -0.454 e. The molecule has 1 amide bonds. The predicted molar refractivity (Wildman–Crippen MR) is 121 cm³/mol. The summed E-state index contributed by atoms with van der Waals surface area (Å²) in [5.41, 5.74) is 11.6. The Morgan fingerprint density at radius 2 is 1.76 bits per heavy atom. The Balaban J connectivity index is 1.67. The van der Waals surface area contributed by atoms with Gasteiger partial charge in [-0.05, 0) is 80.1 Å². The fourth-order valence-electron chi connectivity index (χ4n) is 3.88. The maximum absolute atomic E-state index is 14.5. The minimum absolute atomic E-state index is 0.143. The van der Waals surface area contributed by atoms with Crippen LogP contribution in [0.4, 0.5) is 4.39 Å². The Kier molecular flexibility index (Phi) is 8.30. The second-order valence-corrected chi connectivity index (χ2v) is 10.4. The number of sulfonamides is 1. The Hall–Kier alpha value is -2.24. The van der Waals surface area contributed by atoms with E-state index in [-0.39, 0.29) is 18.1 Å². The van der Waals surface area contributed by atoms with Crippen LogP contribution < -0.4 is 16.2 Å². The summed E-state index contributed by atoms with van der Waals surface area (Å²) in [4.78, 5) is 11.9. The lowest BCUT2D eigenvalue weighted by Crippen LogP contribution is -2.46. The normalized spacial score (nSPS) is 19.7. The van der Waals surface area contributed by atoms with Gasteiger partial charge in [0.25, 0.3) is 15.9 Å². The molecule has 0 saturated heterocycles. The van der Waals surface area contributed by atoms with Crippen molar-refractivity contribution in [2.24, 2.45) is 23.3 Å². The van der Waals surface area contributed by atoms with E-state index < -0.39 is 37.2 Å². The molecule has 8 nitrogen and oxygen atoms in total. The van der Waals surface area contributed by atoms with Gasteiger partial charge in [0.2, 0.25) is 0 Å². The van der Waals surface area contributed by atoms with Crippen LogP contribution in [0.1, 0.15) is 32.1 Å². The van der Waals surface area contributed by atoms with Gasteiger partial charge in [-0.25, -0.2) is 4.39 Å². The largest absolute Gasteiger partial charge is 0.454 e. The number of hydrogen-bond acceptors (Lipinski definition) is 7. The summed E-state index contributed by atoms with van der Waals surface area (Å²) in [5, 5.41) is 10.6. The number of benzene rings is 2. The Morgan fingerprint density at radius 1 is 1.15 bits per heavy atom. The fourth-order valence-corrected chi connectivity index (χ4v) is 5.07. The van der Waals surface area contributed by atoms with E-state index in [0.29, 0.717) is 29.3 Å². The van der Waals surface area contributed by atoms with Crippen molar-refractivity contribution >= 4 is 27.5 Å². The van der Waals surface area contributed by atoms with Crippen LogP contribution in [0.25, 0.3) is 0 Å². The van der Waals surface area contributed by atoms with Gasteiger partial charge in [0.15, 0.2) is 11.6 Å². The van der Waals surface area contributed by atoms with Gasteiger partial charge in [0, 0.05) is 5.02 Å². The zero-order valence-corrected chi connectivity index (χ0v) is 19.4. The molecule has 5 N–H and O–H groups in total. The van der Waals surface area contributed by atoms with Crippen molar-refractivity contribution in [2.75, 3.05) is 6.54 Å². The number of hydroxylamine groups is 1. The molecule has 180 valence electrons. The van der Waals surface area contributed by atoms with Crippen LogP contribution in [0.2, 0.25) is 5.02 Å². The molecule has 0 aliphatic heterocycles. The van der Waals surface area contributed by atoms with Gasteiger partial charge in [-0.3, -0.25) is 10.0 Å². The van der Waals surface area contributed by atoms with Crippen LogP contribution in [0, 0.1) is 17.7 Å². The maximum Gasteiger partial charge on any atom is 0.289 e. The third-order valence-corrected chi connectivity index (χ3v) is 7.60. The zero-order chi connectivity index (χ0) is 24.2. The molecule has 1 aliphatic carbocycles. The number of carbonyl (C=O) groups is 1. The quantitative estimate of drug-likeness (QED) is 0.372. The van der Waals surface area contributed by atoms with Crippen molar-refractivity contribution in [3.63, 3.8) is 0 Å². The van der Waals surface area contributed by atoms with Crippen LogP contribution >= 0.6 is 11.6 Å². The van der Waals surface area contributed by atoms with E-state index in [9.17, 15) is 22.8 Å². The molecule has 0 aromatic heterocycles. The molecule has 2 aromatic rings. The average molecular weight is 500 g/mol. The monoisotopic (exact) mass is 499 g/mol. The number of hydrogen-bond donors (Lipinski definition) is 3. The molecule has 2 aromatic carbocycles. The van der Waals surface area contributed by atoms with Crippen molar-refractivity contribution in [1.82, 2.24) is 4.47 Å². The first kappa shape index (κ1) is 25.4. The summed E-state index contributed by atoms with van der Waals surface area (Å²) < 4.78 is 44.8. The molecule has 0 unspecified atom stereocenters. The summed E-state index contributed by atoms with van der Waals surface area (Å²) >= 11 is 5.79. The molecule has 0 heterocycles. The molecular weight excluding hydrogens is 473 g/mol. The Morgan fingerprint density at radius 3 is 2.33 bits per heavy atom. The first-order chi connectivity index (χ1) is 15.6. The summed E-state index contributed by atoms with van der Waals surface area (Å²) in [6, 6.07) is 7.71. The third kappa shape index (κ3) is 6.21. The summed E-state index contributed by atoms with van der Waals surface area (Å²) in [6.07, 6.45) is 3.76. The molecule has 1 saturated carbocycles. The van der Waals surface area contributed by atoms with Crippen molar-refractivity contribution in [3.05, 3.63) is 53.3 Å². The Labute approximate surface area is 197 Å². The molecule has 3 rings (SSSR count). The van der Waals surface area contributed by atoms with Crippen molar-refractivity contribution in [3.8, 4) is 11.5 Å². The molecule has 11 heteroatoms. The molecule has 1 atom stereocenters. The van der Waals surface area contributed by atoms with Crippen LogP contribution in [0.15, 0.2) is 47.4 Å². The van der Waals surface area contributed by atoms with Gasteiger partial charge in [-0.1, -0.05) is 24.4 Å². The van der Waals surface area contributed by atoms with Crippen molar-refractivity contribution in [1.29, 1.82) is 0 Å². The molecule has 1 aliphatic rings. The van der Waals surface area contributed by atoms with Crippen molar-refractivity contribution in [2.45, 2.75) is 43.0 Å². The lowest BCUT2D eigenvalue weighted by molar-refractivity contribution is -0.148. The second kappa shape index (κ2) is 10.8. The maximum atomic E-state index is 14.5. The highest BCUT2D eigenvalue weighted by Gasteiger charge is 2.34. The van der Waals surface area contributed by atoms with Crippen molar-refractivity contribution < 1.29 is 27.5 Å². The highest BCUT2D eigenvalue weighted by molar-refractivity contribution is 7.89. The number of carbonyl (C=O) groups excluding carboxylic acids is 1. The zero-order valence-electron chi connectivity index (χ0n) is 17.9. The van der Waals surface area contributed by atoms with E-state index in [2.05, 4.69) is 0 Å². The predicted octanol–water partition coefficient (Wildman–Crippen LogP) is 3.66. The van der Waals surface area contributed by atoms with Crippen LogP contribution in [0.3, 0.4) is 0 Å². The van der Waals surface area contributed by atoms with Crippen LogP contribution in [-0.2, 0) is 14.8 Å². The van der Waals surface area contributed by atoms with Crippen LogP contribution in [0.5, 0.6) is 11.5 Å². The highest BCUT2D eigenvalue weighted by atomic mass is 35.5. The minimum atomic E-state index is -4.72. The highest BCUT2D eigenvalue weighted by Crippen LogP contribution is 2.32. The van der Waals surface area contributed by atoms with Gasteiger partial charge < -0.3 is 16.2 Å². The number of halogens is 2. The molecule has 0 bridgehead atoms. The number of ether oxygens (including phenoxy) is 1. The van der Waals surface area contributed by atoms with E-state index in [1.54, 1.807) is 12.1 Å². The van der Waals surface area contributed by atoms with E-state index in [1.807, 2.05) is 0 Å². The summed E-state index contributed by atoms with van der Waals surface area (Å²) in [6.45, 7) is 0.612. The molecule has 1 fully saturated rings. The molecule has 33 heavy (non-hydrogen) atoms. The van der Waals surface area contributed by atoms with E-state index in [0.717, 1.165) is 37.8 Å². The SMILES string of the molecule is NCC1CCC(C[C@H](N)C(=O)N(O)S(=O)(=O)c2ccc(Oc3ccc(Cl)cc3)c(F)c2)CC1. The standard InChI is InChI=1S/C22H27ClFN3O5S/c23-16-5-7-17(8-6-16)32-21-10-9-18(12-19(21)24)33(30,31)27(29)22(28)20(26)11-14-1-3-15(13-25)4-2-14/h5-10,12,14-15,20,29H,1-4,11,13,25-26H2/t14?,15?,20-/m0/s1. The van der Waals surface area contributed by atoms with Gasteiger partial charge in [-0.2, -0.15) is 8.42 Å². The Bertz CT molecular complexity index is 1080. The number of nitrogens with two attached hydrogens (primary N) is 2. The van der Waals surface area contributed by atoms with E-state index in [1.165, 1.54) is 12.1 Å². The molecule has 0 spiro atoms. The van der Waals surface area contributed by atoms with Crippen LogP contribution in [-0.4, -0.2) is 36.6 Å². The first-order valence-electron chi connectivity index (χ1n) is 10.6. The first-order valence-corrected chi connectivity index (χ1v) is 12.4. The van der Waals surface area contributed by atoms with Gasteiger partial charge in [-0.15, -0.1) is 4.47 Å². The molecular formula is C22H27ClFN3O5S. The number of amides is 1. The van der Waals surface area contributed by atoms with E-state index in [4.69, 9.17) is 27.8 Å². The lowest BCUT2D eigenvalue weighted by atomic mass is 9.79. The third-order valence-electron chi connectivity index (χ3n) is 5.86. The fraction of sp³-hybridized carbons (Fsp3) is 0.409. The number of nitrogens with zero attached hydrogens (tertiary/aromatic N) is 1. The second-order valence-electron chi connectivity index (χ2n) is 8.20. The lowest BCUT2D eigenvalue weighted by Gasteiger charge is -2.29. The summed E-state index contributed by atoms with van der Waals surface area (Å²) in [7, 11) is -4.72. The topological polar surface area (TPSA) is 136 Å². The van der Waals surface area contributed by atoms with Gasteiger partial charge in [0.05, 0.1) is 10.9 Å². The average Bonchev–Trinajstić information content (AvgIpc) is 2.81. The molecule has 0 radical (unpaired) electrons. The summed E-state index contributed by atoms with van der Waals surface area (Å²) in [5.74, 6) is -1.52. The van der Waals surface area contributed by atoms with E-state index >= 15 is 0 Å². The smallest absolute Gasteiger partial charge is 0.289 e. The van der Waals surface area contributed by atoms with Gasteiger partial charge >= 0.3 is 0 Å². The number of rotatable bonds is 8.